The molecule has 1 saturated heterocycles. The molecule has 10 heteroatoms. The van der Waals surface area contributed by atoms with Gasteiger partial charge in [-0.1, -0.05) is 51.8 Å². The summed E-state index contributed by atoms with van der Waals surface area (Å²) in [6, 6.07) is 15.2. The Kier molecular flexibility index (Phi) is 8.01. The average molecular weight is 682 g/mol. The number of ether oxygens (including phenoxy) is 2. The number of amides is 4. The number of imide groups is 2. The van der Waals surface area contributed by atoms with E-state index in [2.05, 4.69) is 43.8 Å². The largest absolute Gasteiger partial charge is 0.493 e. The molecule has 1 heterocycles. The van der Waals surface area contributed by atoms with Crippen LogP contribution in [0.1, 0.15) is 16.7 Å². The van der Waals surface area contributed by atoms with E-state index in [1.54, 1.807) is 37.3 Å². The zero-order chi connectivity index (χ0) is 26.0. The first-order valence-corrected chi connectivity index (χ1v) is 12.9. The average Bonchev–Trinajstić information content (AvgIpc) is 2.84. The highest BCUT2D eigenvalue weighted by molar-refractivity contribution is 14.1. The first kappa shape index (κ1) is 26.2. The second kappa shape index (κ2) is 11.0. The van der Waals surface area contributed by atoms with Crippen molar-refractivity contribution >= 4 is 79.7 Å². The summed E-state index contributed by atoms with van der Waals surface area (Å²) in [5.74, 6) is -0.577. The molecule has 7 nitrogen and oxygen atoms in total. The van der Waals surface area contributed by atoms with Gasteiger partial charge in [0.05, 0.1) is 16.4 Å². The Morgan fingerprint density at radius 3 is 2.58 bits per heavy atom. The number of hydrogen-bond donors (Lipinski definition) is 1. The number of rotatable bonds is 6. The van der Waals surface area contributed by atoms with E-state index in [0.717, 1.165) is 14.9 Å². The Bertz CT molecular complexity index is 1430. The molecule has 36 heavy (non-hydrogen) atoms. The molecule has 3 aromatic carbocycles. The van der Waals surface area contributed by atoms with E-state index >= 15 is 0 Å². The molecule has 0 aromatic heterocycles. The summed E-state index contributed by atoms with van der Waals surface area (Å²) >= 11 is 11.8. The molecule has 0 saturated carbocycles. The van der Waals surface area contributed by atoms with Crippen LogP contribution >= 0.6 is 50.1 Å². The Morgan fingerprint density at radius 1 is 1.11 bits per heavy atom. The zero-order valence-electron chi connectivity index (χ0n) is 19.1. The van der Waals surface area contributed by atoms with Crippen LogP contribution in [0.4, 0.5) is 10.5 Å². The Balaban J connectivity index is 1.67. The van der Waals surface area contributed by atoms with Gasteiger partial charge in [-0.05, 0) is 77.0 Å². The number of barbiturate groups is 1. The van der Waals surface area contributed by atoms with Gasteiger partial charge >= 0.3 is 6.03 Å². The number of nitrogens with zero attached hydrogens (tertiary/aromatic N) is 1. The van der Waals surface area contributed by atoms with Crippen LogP contribution < -0.4 is 19.7 Å². The van der Waals surface area contributed by atoms with Gasteiger partial charge in [0.15, 0.2) is 11.5 Å². The fraction of sp³-hybridized carbons (Fsp3) is 0.115. The number of urea groups is 1. The number of carbonyl (C=O) groups is 3. The van der Waals surface area contributed by atoms with Gasteiger partial charge in [-0.2, -0.15) is 0 Å². The standard InChI is InChI=1S/C26H19BrClIN2O5/c1-14-19(28)8-5-9-21(14)31-25(33)17(24(32)30-26(31)34)10-15-11-20(29)23(22(12-15)35-2)36-13-16-6-3-4-7-18(16)27/h3-12H,13H2,1-2H3,(H,30,32,34)/b17-10+. The summed E-state index contributed by atoms with van der Waals surface area (Å²) in [4.78, 5) is 39.4. The number of methoxy groups -OCH3 is 1. The van der Waals surface area contributed by atoms with Crippen molar-refractivity contribution in [1.82, 2.24) is 5.32 Å². The maximum absolute atomic E-state index is 13.3. The highest BCUT2D eigenvalue weighted by Crippen LogP contribution is 2.36. The van der Waals surface area contributed by atoms with Crippen LogP contribution in [0.2, 0.25) is 5.02 Å². The zero-order valence-corrected chi connectivity index (χ0v) is 23.6. The third-order valence-corrected chi connectivity index (χ3v) is 7.46. The maximum Gasteiger partial charge on any atom is 0.335 e. The smallest absolute Gasteiger partial charge is 0.335 e. The number of hydrogen-bond acceptors (Lipinski definition) is 5. The number of carbonyl (C=O) groups excluding carboxylic acids is 3. The second-order valence-corrected chi connectivity index (χ2v) is 10.2. The second-order valence-electron chi connectivity index (χ2n) is 7.76. The Hall–Kier alpha value is -2.89. The first-order chi connectivity index (χ1) is 17.2. The van der Waals surface area contributed by atoms with Gasteiger partial charge in [-0.3, -0.25) is 14.9 Å². The molecule has 1 N–H and O–H groups in total. The van der Waals surface area contributed by atoms with Crippen molar-refractivity contribution in [3.05, 3.63) is 89.9 Å². The lowest BCUT2D eigenvalue weighted by molar-refractivity contribution is -0.122. The van der Waals surface area contributed by atoms with E-state index < -0.39 is 17.8 Å². The molecule has 0 spiro atoms. The summed E-state index contributed by atoms with van der Waals surface area (Å²) in [7, 11) is 1.51. The van der Waals surface area contributed by atoms with Crippen molar-refractivity contribution in [2.75, 3.05) is 12.0 Å². The Labute approximate surface area is 234 Å². The number of anilines is 1. The summed E-state index contributed by atoms with van der Waals surface area (Å²) in [5.41, 5.74) is 2.13. The minimum Gasteiger partial charge on any atom is -0.493 e. The molecule has 0 radical (unpaired) electrons. The Morgan fingerprint density at radius 2 is 1.86 bits per heavy atom. The number of halogens is 3. The fourth-order valence-electron chi connectivity index (χ4n) is 3.61. The third-order valence-electron chi connectivity index (χ3n) is 5.47. The molecular weight excluding hydrogens is 663 g/mol. The van der Waals surface area contributed by atoms with Gasteiger partial charge in [0.1, 0.15) is 12.2 Å². The lowest BCUT2D eigenvalue weighted by atomic mass is 10.1. The van der Waals surface area contributed by atoms with E-state index in [1.165, 1.54) is 13.2 Å². The SMILES string of the molecule is COc1cc(/C=C2\C(=O)NC(=O)N(c3cccc(Cl)c3C)C2=O)cc(I)c1OCc1ccccc1Br. The monoisotopic (exact) mass is 680 g/mol. The lowest BCUT2D eigenvalue weighted by Crippen LogP contribution is -2.54. The molecule has 1 aliphatic rings. The van der Waals surface area contributed by atoms with Crippen molar-refractivity contribution in [2.45, 2.75) is 13.5 Å². The van der Waals surface area contributed by atoms with Crippen molar-refractivity contribution in [2.24, 2.45) is 0 Å². The van der Waals surface area contributed by atoms with Crippen LogP contribution in [0.15, 0.2) is 64.6 Å². The summed E-state index contributed by atoms with van der Waals surface area (Å²) in [5, 5.41) is 2.62. The highest BCUT2D eigenvalue weighted by Gasteiger charge is 2.37. The normalized spacial score (nSPS) is 14.8. The van der Waals surface area contributed by atoms with Crippen LogP contribution in [0, 0.1) is 10.5 Å². The molecule has 184 valence electrons. The van der Waals surface area contributed by atoms with E-state index in [-0.39, 0.29) is 5.57 Å². The summed E-state index contributed by atoms with van der Waals surface area (Å²) in [6.07, 6.45) is 1.42. The molecule has 0 atom stereocenters. The molecule has 0 aliphatic carbocycles. The fourth-order valence-corrected chi connectivity index (χ4v) is 4.96. The van der Waals surface area contributed by atoms with Gasteiger partial charge in [0.25, 0.3) is 11.8 Å². The number of benzene rings is 3. The minimum absolute atomic E-state index is 0.200. The molecule has 0 bridgehead atoms. The van der Waals surface area contributed by atoms with Crippen LogP contribution in [-0.4, -0.2) is 25.0 Å². The van der Waals surface area contributed by atoms with E-state index in [9.17, 15) is 14.4 Å². The molecule has 1 aliphatic heterocycles. The van der Waals surface area contributed by atoms with Crippen molar-refractivity contribution in [3.63, 3.8) is 0 Å². The van der Waals surface area contributed by atoms with Crippen LogP contribution in [0.3, 0.4) is 0 Å². The van der Waals surface area contributed by atoms with Crippen molar-refractivity contribution < 1.29 is 23.9 Å². The van der Waals surface area contributed by atoms with E-state index in [4.69, 9.17) is 21.1 Å². The van der Waals surface area contributed by atoms with Crippen LogP contribution in [0.25, 0.3) is 6.08 Å². The van der Waals surface area contributed by atoms with Crippen LogP contribution in [-0.2, 0) is 16.2 Å². The molecular formula is C26H19BrClIN2O5. The van der Waals surface area contributed by atoms with Gasteiger partial charge in [-0.25, -0.2) is 9.69 Å². The van der Waals surface area contributed by atoms with Gasteiger partial charge in [-0.15, -0.1) is 0 Å². The predicted octanol–water partition coefficient (Wildman–Crippen LogP) is 6.27. The minimum atomic E-state index is -0.838. The molecule has 1 fully saturated rings. The molecule has 4 amide bonds. The first-order valence-electron chi connectivity index (χ1n) is 10.6. The van der Waals surface area contributed by atoms with Crippen molar-refractivity contribution in [1.29, 1.82) is 0 Å². The third kappa shape index (κ3) is 5.28. The molecule has 3 aromatic rings. The number of nitrogens with one attached hydrogen (secondary N) is 1. The summed E-state index contributed by atoms with van der Waals surface area (Å²) in [6.45, 7) is 2.00. The topological polar surface area (TPSA) is 84.9 Å². The quantitative estimate of drug-likeness (QED) is 0.189. The summed E-state index contributed by atoms with van der Waals surface area (Å²) < 4.78 is 13.2. The predicted molar refractivity (Wildman–Crippen MR) is 149 cm³/mol. The van der Waals surface area contributed by atoms with Crippen molar-refractivity contribution in [3.8, 4) is 11.5 Å². The van der Waals surface area contributed by atoms with E-state index in [1.807, 2.05) is 24.3 Å². The van der Waals surface area contributed by atoms with Gasteiger partial charge < -0.3 is 9.47 Å². The molecule has 0 unspecified atom stereocenters. The van der Waals surface area contributed by atoms with Gasteiger partial charge in [0.2, 0.25) is 0 Å². The molecule has 4 rings (SSSR count). The lowest BCUT2D eigenvalue weighted by Gasteiger charge is -2.27. The van der Waals surface area contributed by atoms with Crippen LogP contribution in [0.5, 0.6) is 11.5 Å². The highest BCUT2D eigenvalue weighted by atomic mass is 127. The van der Waals surface area contributed by atoms with E-state index in [0.29, 0.717) is 43.5 Å². The maximum atomic E-state index is 13.3. The van der Waals surface area contributed by atoms with Gasteiger partial charge in [0, 0.05) is 15.1 Å².